The van der Waals surface area contributed by atoms with Gasteiger partial charge in [0.15, 0.2) is 0 Å². The maximum absolute atomic E-state index is 12.9. The zero-order chi connectivity index (χ0) is 14.5. The fourth-order valence-electron chi connectivity index (χ4n) is 2.56. The molecular formula is C14H18ClFN2O2. The topological polar surface area (TPSA) is 50.4 Å². The summed E-state index contributed by atoms with van der Waals surface area (Å²) in [7, 11) is 1.66. The molecule has 1 saturated carbocycles. The standard InChI is InChI=1S/C14H18ClFN2O2/c1-20-8-9-3-2-4-12(9)17-14(19)18-13-6-5-10(16)7-11(13)15/h5-7,9,12H,2-4,8H2,1H3,(H2,17,18,19). The predicted molar refractivity (Wildman–Crippen MR) is 76.6 cm³/mol. The van der Waals surface area contributed by atoms with Crippen molar-refractivity contribution in [3.8, 4) is 0 Å². The van der Waals surface area contributed by atoms with E-state index in [-0.39, 0.29) is 17.1 Å². The van der Waals surface area contributed by atoms with E-state index in [0.717, 1.165) is 19.3 Å². The van der Waals surface area contributed by atoms with Crippen molar-refractivity contribution in [1.29, 1.82) is 0 Å². The Labute approximate surface area is 122 Å². The van der Waals surface area contributed by atoms with Gasteiger partial charge < -0.3 is 15.4 Å². The van der Waals surface area contributed by atoms with Crippen molar-refractivity contribution in [1.82, 2.24) is 5.32 Å². The highest BCUT2D eigenvalue weighted by Gasteiger charge is 2.28. The van der Waals surface area contributed by atoms with Crippen LogP contribution in [0.15, 0.2) is 18.2 Å². The van der Waals surface area contributed by atoms with Crippen molar-refractivity contribution < 1.29 is 13.9 Å². The molecule has 0 heterocycles. The van der Waals surface area contributed by atoms with Crippen molar-refractivity contribution in [3.05, 3.63) is 29.0 Å². The number of urea groups is 1. The molecule has 1 aliphatic rings. The first-order valence-corrected chi connectivity index (χ1v) is 6.99. The number of carbonyl (C=O) groups excluding carboxylic acids is 1. The minimum absolute atomic E-state index is 0.106. The molecular weight excluding hydrogens is 283 g/mol. The molecule has 2 N–H and O–H groups in total. The summed E-state index contributed by atoms with van der Waals surface area (Å²) in [6.45, 7) is 0.641. The first kappa shape index (κ1) is 15.1. The van der Waals surface area contributed by atoms with Crippen LogP contribution in [-0.4, -0.2) is 25.8 Å². The second-order valence-corrected chi connectivity index (χ2v) is 5.38. The Morgan fingerprint density at radius 2 is 2.30 bits per heavy atom. The number of benzene rings is 1. The summed E-state index contributed by atoms with van der Waals surface area (Å²) >= 11 is 5.87. The molecule has 0 aromatic heterocycles. The third-order valence-corrected chi connectivity index (χ3v) is 3.85. The molecule has 110 valence electrons. The Balaban J connectivity index is 1.92. The molecule has 2 unspecified atom stereocenters. The van der Waals surface area contributed by atoms with E-state index < -0.39 is 5.82 Å². The first-order chi connectivity index (χ1) is 9.60. The van der Waals surface area contributed by atoms with E-state index >= 15 is 0 Å². The van der Waals surface area contributed by atoms with Crippen LogP contribution in [0.1, 0.15) is 19.3 Å². The van der Waals surface area contributed by atoms with Gasteiger partial charge in [-0.2, -0.15) is 0 Å². The molecule has 20 heavy (non-hydrogen) atoms. The van der Waals surface area contributed by atoms with Crippen LogP contribution >= 0.6 is 11.6 Å². The van der Waals surface area contributed by atoms with Gasteiger partial charge in [-0.3, -0.25) is 0 Å². The molecule has 0 bridgehead atoms. The molecule has 1 aliphatic carbocycles. The maximum Gasteiger partial charge on any atom is 0.319 e. The number of hydrogen-bond acceptors (Lipinski definition) is 2. The summed E-state index contributed by atoms with van der Waals surface area (Å²) in [4.78, 5) is 11.9. The lowest BCUT2D eigenvalue weighted by molar-refractivity contribution is 0.142. The van der Waals surface area contributed by atoms with Crippen LogP contribution in [0.25, 0.3) is 0 Å². The second kappa shape index (κ2) is 6.90. The lowest BCUT2D eigenvalue weighted by Gasteiger charge is -2.20. The van der Waals surface area contributed by atoms with Gasteiger partial charge >= 0.3 is 6.03 Å². The molecule has 2 rings (SSSR count). The molecule has 1 fully saturated rings. The van der Waals surface area contributed by atoms with Gasteiger partial charge in [-0.1, -0.05) is 18.0 Å². The second-order valence-electron chi connectivity index (χ2n) is 4.98. The monoisotopic (exact) mass is 300 g/mol. The Morgan fingerprint density at radius 1 is 1.50 bits per heavy atom. The molecule has 1 aromatic carbocycles. The number of amides is 2. The highest BCUT2D eigenvalue weighted by Crippen LogP contribution is 2.26. The highest BCUT2D eigenvalue weighted by atomic mass is 35.5. The van der Waals surface area contributed by atoms with E-state index in [4.69, 9.17) is 16.3 Å². The fourth-order valence-corrected chi connectivity index (χ4v) is 2.77. The van der Waals surface area contributed by atoms with Gasteiger partial charge in [-0.15, -0.1) is 0 Å². The van der Waals surface area contributed by atoms with Crippen LogP contribution in [0.4, 0.5) is 14.9 Å². The average molecular weight is 301 g/mol. The van der Waals surface area contributed by atoms with Crippen molar-refractivity contribution in [3.63, 3.8) is 0 Å². The summed E-state index contributed by atoms with van der Waals surface area (Å²) in [5.41, 5.74) is 0.395. The van der Waals surface area contributed by atoms with E-state index in [0.29, 0.717) is 18.2 Å². The summed E-state index contributed by atoms with van der Waals surface area (Å²) in [5.74, 6) is -0.0913. The summed E-state index contributed by atoms with van der Waals surface area (Å²) < 4.78 is 18.1. The number of ether oxygens (including phenoxy) is 1. The summed E-state index contributed by atoms with van der Waals surface area (Å²) in [5, 5.41) is 5.74. The van der Waals surface area contributed by atoms with Gasteiger partial charge in [0, 0.05) is 19.1 Å². The van der Waals surface area contributed by atoms with Gasteiger partial charge in [-0.05, 0) is 31.0 Å². The Hall–Kier alpha value is -1.33. The van der Waals surface area contributed by atoms with E-state index in [9.17, 15) is 9.18 Å². The Bertz CT molecular complexity index is 484. The van der Waals surface area contributed by atoms with E-state index in [1.807, 2.05) is 0 Å². The Morgan fingerprint density at radius 3 is 3.00 bits per heavy atom. The molecule has 0 saturated heterocycles. The SMILES string of the molecule is COCC1CCCC1NC(=O)Nc1ccc(F)cc1Cl. The number of methoxy groups -OCH3 is 1. The smallest absolute Gasteiger partial charge is 0.319 e. The van der Waals surface area contributed by atoms with Crippen molar-refractivity contribution in [2.24, 2.45) is 5.92 Å². The lowest BCUT2D eigenvalue weighted by atomic mass is 10.1. The highest BCUT2D eigenvalue weighted by molar-refractivity contribution is 6.33. The van der Waals surface area contributed by atoms with Crippen LogP contribution in [-0.2, 0) is 4.74 Å². The number of rotatable bonds is 4. The number of hydrogen-bond donors (Lipinski definition) is 2. The maximum atomic E-state index is 12.9. The van der Waals surface area contributed by atoms with Gasteiger partial charge in [-0.25, -0.2) is 9.18 Å². The molecule has 6 heteroatoms. The minimum Gasteiger partial charge on any atom is -0.384 e. The number of anilines is 1. The van der Waals surface area contributed by atoms with Gasteiger partial charge in [0.2, 0.25) is 0 Å². The molecule has 0 spiro atoms. The normalized spacial score (nSPS) is 21.8. The van der Waals surface area contributed by atoms with Crippen LogP contribution in [0.2, 0.25) is 5.02 Å². The molecule has 2 atom stereocenters. The van der Waals surface area contributed by atoms with E-state index in [2.05, 4.69) is 10.6 Å². The lowest BCUT2D eigenvalue weighted by Crippen LogP contribution is -2.41. The number of halogens is 2. The summed E-state index contributed by atoms with van der Waals surface area (Å²) in [6, 6.07) is 3.64. The van der Waals surface area contributed by atoms with Gasteiger partial charge in [0.25, 0.3) is 0 Å². The molecule has 0 radical (unpaired) electrons. The summed E-state index contributed by atoms with van der Waals surface area (Å²) in [6.07, 6.45) is 3.07. The largest absolute Gasteiger partial charge is 0.384 e. The Kier molecular flexibility index (Phi) is 5.20. The van der Waals surface area contributed by atoms with Crippen molar-refractivity contribution >= 4 is 23.3 Å². The predicted octanol–water partition coefficient (Wildman–Crippen LogP) is 3.42. The molecule has 4 nitrogen and oxygen atoms in total. The van der Waals surface area contributed by atoms with Crippen molar-refractivity contribution in [2.45, 2.75) is 25.3 Å². The third kappa shape index (κ3) is 3.84. The molecule has 1 aromatic rings. The van der Waals surface area contributed by atoms with Crippen LogP contribution in [0.5, 0.6) is 0 Å². The van der Waals surface area contributed by atoms with Crippen LogP contribution < -0.4 is 10.6 Å². The van der Waals surface area contributed by atoms with Gasteiger partial charge in [0.1, 0.15) is 5.82 Å². The first-order valence-electron chi connectivity index (χ1n) is 6.61. The third-order valence-electron chi connectivity index (χ3n) is 3.54. The number of nitrogens with one attached hydrogen (secondary N) is 2. The molecule has 2 amide bonds. The van der Waals surface area contributed by atoms with Crippen molar-refractivity contribution in [2.75, 3.05) is 19.0 Å². The minimum atomic E-state index is -0.433. The fraction of sp³-hybridized carbons (Fsp3) is 0.500. The zero-order valence-electron chi connectivity index (χ0n) is 11.3. The zero-order valence-corrected chi connectivity index (χ0v) is 12.0. The van der Waals surface area contributed by atoms with Crippen LogP contribution in [0, 0.1) is 11.7 Å². The van der Waals surface area contributed by atoms with E-state index in [1.165, 1.54) is 18.2 Å². The van der Waals surface area contributed by atoms with Gasteiger partial charge in [0.05, 0.1) is 17.3 Å². The quantitative estimate of drug-likeness (QED) is 0.895. The molecule has 0 aliphatic heterocycles. The van der Waals surface area contributed by atoms with Crippen LogP contribution in [0.3, 0.4) is 0 Å². The average Bonchev–Trinajstić information content (AvgIpc) is 2.81. The van der Waals surface area contributed by atoms with E-state index in [1.54, 1.807) is 7.11 Å². The number of carbonyl (C=O) groups is 1.